The summed E-state index contributed by atoms with van der Waals surface area (Å²) in [5.41, 5.74) is 3.28. The van der Waals surface area contributed by atoms with Crippen molar-refractivity contribution in [3.8, 4) is 5.75 Å². The van der Waals surface area contributed by atoms with Crippen molar-refractivity contribution in [3.63, 3.8) is 0 Å². The zero-order valence-electron chi connectivity index (χ0n) is 14.1. The molecule has 0 aliphatic rings. The van der Waals surface area contributed by atoms with Gasteiger partial charge in [0, 0.05) is 13.1 Å². The summed E-state index contributed by atoms with van der Waals surface area (Å²) in [7, 11) is 0. The average molecular weight is 328 g/mol. The Bertz CT molecular complexity index is 673. The number of urea groups is 1. The van der Waals surface area contributed by atoms with Crippen molar-refractivity contribution < 1.29 is 14.6 Å². The lowest BCUT2D eigenvalue weighted by molar-refractivity contribution is 0.108. The Balaban J connectivity index is 1.65. The molecule has 24 heavy (non-hydrogen) atoms. The third-order valence-electron chi connectivity index (χ3n) is 3.47. The number of amides is 2. The number of aryl methyl sites for hydroxylation is 2. The Hall–Kier alpha value is -2.53. The van der Waals surface area contributed by atoms with Gasteiger partial charge in [0.25, 0.3) is 0 Å². The summed E-state index contributed by atoms with van der Waals surface area (Å²) in [6.07, 6.45) is -0.768. The van der Waals surface area contributed by atoms with E-state index < -0.39 is 6.10 Å². The molecule has 2 aromatic rings. The number of aliphatic hydroxyl groups excluding tert-OH is 1. The molecule has 1 atom stereocenters. The van der Waals surface area contributed by atoms with Gasteiger partial charge in [0.05, 0.1) is 0 Å². The number of hydrogen-bond acceptors (Lipinski definition) is 3. The van der Waals surface area contributed by atoms with Gasteiger partial charge in [-0.15, -0.1) is 0 Å². The number of carbonyl (C=O) groups excluding carboxylic acids is 1. The van der Waals surface area contributed by atoms with E-state index in [0.717, 1.165) is 16.7 Å². The van der Waals surface area contributed by atoms with Gasteiger partial charge in [0.1, 0.15) is 18.5 Å². The maximum absolute atomic E-state index is 11.8. The van der Waals surface area contributed by atoms with E-state index >= 15 is 0 Å². The monoisotopic (exact) mass is 328 g/mol. The summed E-state index contributed by atoms with van der Waals surface area (Å²) in [5.74, 6) is 0.706. The van der Waals surface area contributed by atoms with Crippen LogP contribution < -0.4 is 15.4 Å². The molecular weight excluding hydrogens is 304 g/mol. The topological polar surface area (TPSA) is 70.6 Å². The molecular formula is C19H24N2O3. The molecule has 0 aliphatic heterocycles. The third kappa shape index (κ3) is 6.30. The van der Waals surface area contributed by atoms with Crippen LogP contribution in [0.3, 0.4) is 0 Å². The second-order valence-corrected chi connectivity index (χ2v) is 5.83. The van der Waals surface area contributed by atoms with Crippen molar-refractivity contribution in [1.82, 2.24) is 10.6 Å². The molecule has 0 spiro atoms. The van der Waals surface area contributed by atoms with Crippen molar-refractivity contribution in [3.05, 3.63) is 65.2 Å². The smallest absolute Gasteiger partial charge is 0.315 e. The molecule has 0 aromatic heterocycles. The summed E-state index contributed by atoms with van der Waals surface area (Å²) in [6.45, 7) is 4.69. The highest BCUT2D eigenvalue weighted by molar-refractivity contribution is 5.73. The molecule has 128 valence electrons. The van der Waals surface area contributed by atoms with Gasteiger partial charge in [0.2, 0.25) is 0 Å². The Morgan fingerprint density at radius 1 is 1.08 bits per heavy atom. The average Bonchev–Trinajstić information content (AvgIpc) is 2.56. The molecule has 2 aromatic carbocycles. The zero-order chi connectivity index (χ0) is 17.4. The second kappa shape index (κ2) is 8.93. The Morgan fingerprint density at radius 3 is 2.50 bits per heavy atom. The number of ether oxygens (including phenoxy) is 1. The lowest BCUT2D eigenvalue weighted by atomic mass is 10.1. The van der Waals surface area contributed by atoms with Crippen LogP contribution in [0.1, 0.15) is 16.7 Å². The summed E-state index contributed by atoms with van der Waals surface area (Å²) < 4.78 is 5.50. The molecule has 0 fully saturated rings. The molecule has 0 bridgehead atoms. The van der Waals surface area contributed by atoms with E-state index in [-0.39, 0.29) is 19.2 Å². The van der Waals surface area contributed by atoms with Gasteiger partial charge < -0.3 is 20.5 Å². The highest BCUT2D eigenvalue weighted by Crippen LogP contribution is 2.12. The van der Waals surface area contributed by atoms with Gasteiger partial charge in [-0.05, 0) is 37.1 Å². The first kappa shape index (κ1) is 17.8. The lowest BCUT2D eigenvalue weighted by Crippen LogP contribution is -2.41. The Morgan fingerprint density at radius 2 is 1.79 bits per heavy atom. The van der Waals surface area contributed by atoms with E-state index in [1.807, 2.05) is 62.4 Å². The fourth-order valence-corrected chi connectivity index (χ4v) is 2.23. The van der Waals surface area contributed by atoms with E-state index in [4.69, 9.17) is 4.74 Å². The first-order chi connectivity index (χ1) is 11.5. The fourth-order valence-electron chi connectivity index (χ4n) is 2.23. The van der Waals surface area contributed by atoms with Crippen LogP contribution in [0.25, 0.3) is 0 Å². The summed E-state index contributed by atoms with van der Waals surface area (Å²) in [6, 6.07) is 15.2. The molecule has 5 heteroatoms. The first-order valence-electron chi connectivity index (χ1n) is 7.98. The first-order valence-corrected chi connectivity index (χ1v) is 7.98. The number of hydrogen-bond donors (Lipinski definition) is 3. The van der Waals surface area contributed by atoms with Crippen LogP contribution in [0.2, 0.25) is 0 Å². The van der Waals surface area contributed by atoms with Gasteiger partial charge in [-0.1, -0.05) is 42.0 Å². The van der Waals surface area contributed by atoms with E-state index in [0.29, 0.717) is 12.3 Å². The van der Waals surface area contributed by atoms with Crippen LogP contribution in [0.15, 0.2) is 48.5 Å². The highest BCUT2D eigenvalue weighted by atomic mass is 16.5. The molecule has 3 N–H and O–H groups in total. The molecule has 0 radical (unpaired) electrons. The number of aliphatic hydroxyl groups is 1. The number of carbonyl (C=O) groups is 1. The van der Waals surface area contributed by atoms with Crippen LogP contribution in [0.4, 0.5) is 4.79 Å². The van der Waals surface area contributed by atoms with Crippen molar-refractivity contribution in [2.24, 2.45) is 0 Å². The van der Waals surface area contributed by atoms with E-state index in [1.165, 1.54) is 0 Å². The predicted octanol–water partition coefficient (Wildman–Crippen LogP) is 2.54. The normalized spacial score (nSPS) is 11.6. The van der Waals surface area contributed by atoms with Gasteiger partial charge >= 0.3 is 6.03 Å². The lowest BCUT2D eigenvalue weighted by Gasteiger charge is -2.14. The Kier molecular flexibility index (Phi) is 6.63. The summed E-state index contributed by atoms with van der Waals surface area (Å²) in [4.78, 5) is 11.8. The van der Waals surface area contributed by atoms with Crippen LogP contribution in [-0.2, 0) is 6.54 Å². The highest BCUT2D eigenvalue weighted by Gasteiger charge is 2.08. The Labute approximate surface area is 142 Å². The summed E-state index contributed by atoms with van der Waals surface area (Å²) >= 11 is 0. The van der Waals surface area contributed by atoms with Gasteiger partial charge in [0.15, 0.2) is 0 Å². The molecule has 0 heterocycles. The van der Waals surface area contributed by atoms with Crippen molar-refractivity contribution >= 4 is 6.03 Å². The number of nitrogens with one attached hydrogen (secondary N) is 2. The van der Waals surface area contributed by atoms with Crippen LogP contribution in [0.5, 0.6) is 5.75 Å². The van der Waals surface area contributed by atoms with E-state index in [1.54, 1.807) is 0 Å². The SMILES string of the molecule is Cc1cccc(CNC(=O)NCC(O)COc2cccc(C)c2)c1. The van der Waals surface area contributed by atoms with Gasteiger partial charge in [-0.25, -0.2) is 4.79 Å². The van der Waals surface area contributed by atoms with Gasteiger partial charge in [-0.3, -0.25) is 0 Å². The van der Waals surface area contributed by atoms with Crippen LogP contribution >= 0.6 is 0 Å². The standard InChI is InChI=1S/C19H24N2O3/c1-14-5-3-7-16(9-14)11-20-19(23)21-12-17(22)13-24-18-8-4-6-15(2)10-18/h3-10,17,22H,11-13H2,1-2H3,(H2,20,21,23). The number of benzene rings is 2. The molecule has 0 saturated carbocycles. The number of rotatable bonds is 7. The second-order valence-electron chi connectivity index (χ2n) is 5.83. The van der Waals surface area contributed by atoms with Gasteiger partial charge in [-0.2, -0.15) is 0 Å². The quantitative estimate of drug-likeness (QED) is 0.731. The maximum Gasteiger partial charge on any atom is 0.315 e. The molecule has 0 aliphatic carbocycles. The molecule has 2 rings (SSSR count). The molecule has 1 unspecified atom stereocenters. The van der Waals surface area contributed by atoms with E-state index in [9.17, 15) is 9.90 Å². The van der Waals surface area contributed by atoms with Crippen molar-refractivity contribution in [2.45, 2.75) is 26.5 Å². The van der Waals surface area contributed by atoms with Crippen LogP contribution in [-0.4, -0.2) is 30.4 Å². The van der Waals surface area contributed by atoms with Crippen molar-refractivity contribution in [1.29, 1.82) is 0 Å². The molecule has 5 nitrogen and oxygen atoms in total. The minimum Gasteiger partial charge on any atom is -0.491 e. The fraction of sp³-hybridized carbons (Fsp3) is 0.316. The van der Waals surface area contributed by atoms with Crippen molar-refractivity contribution in [2.75, 3.05) is 13.2 Å². The minimum absolute atomic E-state index is 0.127. The predicted molar refractivity (Wildman–Crippen MR) is 94.1 cm³/mol. The minimum atomic E-state index is -0.768. The zero-order valence-corrected chi connectivity index (χ0v) is 14.1. The molecule has 0 saturated heterocycles. The summed E-state index contributed by atoms with van der Waals surface area (Å²) in [5, 5.41) is 15.3. The van der Waals surface area contributed by atoms with E-state index in [2.05, 4.69) is 10.6 Å². The molecule has 2 amide bonds. The largest absolute Gasteiger partial charge is 0.491 e. The van der Waals surface area contributed by atoms with Crippen LogP contribution in [0, 0.1) is 13.8 Å². The maximum atomic E-state index is 11.8. The third-order valence-corrected chi connectivity index (χ3v) is 3.47.